The second-order valence-corrected chi connectivity index (χ2v) is 7.11. The summed E-state index contributed by atoms with van der Waals surface area (Å²) in [6.45, 7) is 4.51. The first-order chi connectivity index (χ1) is 9.55. The van der Waals surface area contributed by atoms with E-state index in [9.17, 15) is 8.42 Å². The lowest BCUT2D eigenvalue weighted by molar-refractivity contribution is 0.593. The summed E-state index contributed by atoms with van der Waals surface area (Å²) in [5.74, 6) is 0.175. The molecule has 5 heteroatoms. The normalized spacial score (nSPS) is 13.2. The zero-order valence-electron chi connectivity index (χ0n) is 12.4. The predicted molar refractivity (Wildman–Crippen MR) is 84.8 cm³/mol. The Morgan fingerprint density at radius 3 is 2.50 bits per heavy atom. The Hall–Kier alpha value is -1.07. The molecule has 0 heterocycles. The number of unbranched alkanes of at least 4 members (excludes halogenated alkanes) is 1. The molecule has 0 radical (unpaired) electrons. The van der Waals surface area contributed by atoms with Gasteiger partial charge in [0.05, 0.1) is 16.3 Å². The molecule has 114 valence electrons. The summed E-state index contributed by atoms with van der Waals surface area (Å²) in [5, 5.41) is 3.29. The van der Waals surface area contributed by atoms with E-state index >= 15 is 0 Å². The molecular formula is C15H26N2O2S. The van der Waals surface area contributed by atoms with Crippen LogP contribution >= 0.6 is 0 Å². The van der Waals surface area contributed by atoms with Crippen molar-refractivity contribution < 1.29 is 8.42 Å². The topological polar surface area (TPSA) is 72.2 Å². The number of hydrogen-bond donors (Lipinski definition) is 2. The molecule has 0 spiro atoms. The van der Waals surface area contributed by atoms with Gasteiger partial charge >= 0.3 is 0 Å². The molecule has 0 amide bonds. The van der Waals surface area contributed by atoms with Gasteiger partial charge in [0.1, 0.15) is 0 Å². The molecule has 1 atom stereocenters. The highest BCUT2D eigenvalue weighted by molar-refractivity contribution is 7.91. The zero-order chi connectivity index (χ0) is 15.0. The van der Waals surface area contributed by atoms with Gasteiger partial charge in [-0.3, -0.25) is 0 Å². The molecular weight excluding hydrogens is 272 g/mol. The molecule has 1 aromatic carbocycles. The first-order valence-corrected chi connectivity index (χ1v) is 8.98. The fourth-order valence-corrected chi connectivity index (χ4v) is 3.66. The van der Waals surface area contributed by atoms with Crippen molar-refractivity contribution in [2.24, 2.45) is 5.73 Å². The van der Waals surface area contributed by atoms with E-state index in [1.54, 1.807) is 12.1 Å². The summed E-state index contributed by atoms with van der Waals surface area (Å²) < 4.78 is 24.5. The molecule has 0 saturated carbocycles. The monoisotopic (exact) mass is 298 g/mol. The molecule has 20 heavy (non-hydrogen) atoms. The van der Waals surface area contributed by atoms with Crippen LogP contribution in [0, 0.1) is 0 Å². The molecule has 3 N–H and O–H groups in total. The third-order valence-electron chi connectivity index (χ3n) is 3.25. The fraction of sp³-hybridized carbons (Fsp3) is 0.600. The van der Waals surface area contributed by atoms with Gasteiger partial charge in [-0.05, 0) is 25.0 Å². The van der Waals surface area contributed by atoms with Gasteiger partial charge in [-0.2, -0.15) is 0 Å². The van der Waals surface area contributed by atoms with Crippen LogP contribution in [0.2, 0.25) is 0 Å². The largest absolute Gasteiger partial charge is 0.380 e. The summed E-state index contributed by atoms with van der Waals surface area (Å²) in [7, 11) is -3.22. The summed E-state index contributed by atoms with van der Waals surface area (Å²) in [6, 6.07) is 7.21. The van der Waals surface area contributed by atoms with Crippen LogP contribution in [0.15, 0.2) is 29.2 Å². The van der Waals surface area contributed by atoms with Gasteiger partial charge in [0.2, 0.25) is 0 Å². The molecule has 0 aromatic heterocycles. The van der Waals surface area contributed by atoms with Crippen molar-refractivity contribution in [1.82, 2.24) is 0 Å². The van der Waals surface area contributed by atoms with Crippen molar-refractivity contribution in [3.63, 3.8) is 0 Å². The van der Waals surface area contributed by atoms with Crippen LogP contribution in [0.4, 0.5) is 5.69 Å². The van der Waals surface area contributed by atoms with Gasteiger partial charge in [-0.25, -0.2) is 8.42 Å². The van der Waals surface area contributed by atoms with E-state index in [4.69, 9.17) is 5.73 Å². The number of benzene rings is 1. The Labute approximate surface area is 122 Å². The van der Waals surface area contributed by atoms with Crippen molar-refractivity contribution >= 4 is 15.5 Å². The second kappa shape index (κ2) is 8.27. The summed E-state index contributed by atoms with van der Waals surface area (Å²) in [5.41, 5.74) is 6.44. The third-order valence-corrected chi connectivity index (χ3v) is 5.22. The Bertz CT molecular complexity index is 500. The van der Waals surface area contributed by atoms with E-state index in [-0.39, 0.29) is 11.8 Å². The van der Waals surface area contributed by atoms with Crippen molar-refractivity contribution in [1.29, 1.82) is 0 Å². The lowest BCUT2D eigenvalue weighted by Gasteiger charge is -2.20. The van der Waals surface area contributed by atoms with Gasteiger partial charge in [0.25, 0.3) is 0 Å². The Balaban J connectivity index is 2.95. The van der Waals surface area contributed by atoms with Crippen molar-refractivity contribution in [2.75, 3.05) is 17.6 Å². The average molecular weight is 298 g/mol. The first-order valence-electron chi connectivity index (χ1n) is 7.33. The maximum absolute atomic E-state index is 12.3. The molecule has 1 rings (SSSR count). The van der Waals surface area contributed by atoms with Crippen molar-refractivity contribution in [3.8, 4) is 0 Å². The highest BCUT2D eigenvalue weighted by Crippen LogP contribution is 2.24. The van der Waals surface area contributed by atoms with Crippen LogP contribution in [0.1, 0.15) is 39.5 Å². The number of para-hydroxylation sites is 1. The molecule has 0 fully saturated rings. The Kier molecular flexibility index (Phi) is 7.02. The minimum Gasteiger partial charge on any atom is -0.380 e. The van der Waals surface area contributed by atoms with Gasteiger partial charge in [0.15, 0.2) is 9.84 Å². The quantitative estimate of drug-likeness (QED) is 0.735. The molecule has 1 unspecified atom stereocenters. The number of anilines is 1. The van der Waals surface area contributed by atoms with E-state index in [0.29, 0.717) is 23.5 Å². The number of rotatable bonds is 9. The average Bonchev–Trinajstić information content (AvgIpc) is 2.43. The van der Waals surface area contributed by atoms with Crippen LogP contribution in [-0.4, -0.2) is 26.8 Å². The van der Waals surface area contributed by atoms with E-state index in [1.807, 2.05) is 19.1 Å². The lowest BCUT2D eigenvalue weighted by Crippen LogP contribution is -2.29. The summed E-state index contributed by atoms with van der Waals surface area (Å²) in [4.78, 5) is 0.386. The highest BCUT2D eigenvalue weighted by atomic mass is 32.2. The minimum atomic E-state index is -3.22. The van der Waals surface area contributed by atoms with Gasteiger partial charge in [-0.15, -0.1) is 0 Å². The van der Waals surface area contributed by atoms with E-state index in [0.717, 1.165) is 19.3 Å². The van der Waals surface area contributed by atoms with Crippen molar-refractivity contribution in [2.45, 2.75) is 50.5 Å². The fourth-order valence-electron chi connectivity index (χ4n) is 2.16. The summed E-state index contributed by atoms with van der Waals surface area (Å²) in [6.07, 6.45) is 3.76. The number of hydrogen-bond acceptors (Lipinski definition) is 4. The maximum atomic E-state index is 12.3. The molecule has 0 aliphatic heterocycles. The Morgan fingerprint density at radius 1 is 1.20 bits per heavy atom. The standard InChI is InChI=1S/C15H26N2O2S/c1-3-5-8-13(12-16)17-14-9-6-7-10-15(14)20(18,19)11-4-2/h6-7,9-10,13,17H,3-5,8,11-12,16H2,1-2H3. The van der Waals surface area contributed by atoms with Gasteiger partial charge in [-0.1, -0.05) is 38.8 Å². The van der Waals surface area contributed by atoms with E-state index in [2.05, 4.69) is 12.2 Å². The number of nitrogens with one attached hydrogen (secondary N) is 1. The molecule has 4 nitrogen and oxygen atoms in total. The van der Waals surface area contributed by atoms with Crippen LogP contribution in [-0.2, 0) is 9.84 Å². The SMILES string of the molecule is CCCCC(CN)Nc1ccccc1S(=O)(=O)CCC. The van der Waals surface area contributed by atoms with Gasteiger partial charge < -0.3 is 11.1 Å². The van der Waals surface area contributed by atoms with E-state index < -0.39 is 9.84 Å². The number of nitrogens with two attached hydrogens (primary N) is 1. The molecule has 0 aliphatic rings. The smallest absolute Gasteiger partial charge is 0.180 e. The molecule has 1 aromatic rings. The molecule has 0 aliphatic carbocycles. The molecule has 0 saturated heterocycles. The minimum absolute atomic E-state index is 0.118. The summed E-state index contributed by atoms with van der Waals surface area (Å²) >= 11 is 0. The van der Waals surface area contributed by atoms with Crippen LogP contribution in [0.25, 0.3) is 0 Å². The lowest BCUT2D eigenvalue weighted by atomic mass is 10.1. The van der Waals surface area contributed by atoms with Crippen LogP contribution < -0.4 is 11.1 Å². The zero-order valence-corrected chi connectivity index (χ0v) is 13.2. The van der Waals surface area contributed by atoms with E-state index in [1.165, 1.54) is 0 Å². The second-order valence-electron chi connectivity index (χ2n) is 5.03. The maximum Gasteiger partial charge on any atom is 0.180 e. The van der Waals surface area contributed by atoms with Gasteiger partial charge in [0, 0.05) is 12.6 Å². The van der Waals surface area contributed by atoms with Crippen molar-refractivity contribution in [3.05, 3.63) is 24.3 Å². The predicted octanol–water partition coefficient (Wildman–Crippen LogP) is 2.80. The molecule has 0 bridgehead atoms. The number of sulfone groups is 1. The highest BCUT2D eigenvalue weighted by Gasteiger charge is 2.18. The first kappa shape index (κ1) is 17.0. The Morgan fingerprint density at radius 2 is 1.90 bits per heavy atom. The van der Waals surface area contributed by atoms with Crippen LogP contribution in [0.5, 0.6) is 0 Å². The third kappa shape index (κ3) is 4.80. The van der Waals surface area contributed by atoms with Crippen LogP contribution in [0.3, 0.4) is 0 Å².